The average molecular weight is 267 g/mol. The fraction of sp³-hybridized carbons (Fsp3) is 0.571. The number of nitrogens with zero attached hydrogens (tertiary/aromatic N) is 2. The number of aromatic nitrogens is 1. The molecule has 1 aliphatic carbocycles. The van der Waals surface area contributed by atoms with Crippen molar-refractivity contribution in [2.75, 3.05) is 6.54 Å². The van der Waals surface area contributed by atoms with E-state index in [2.05, 4.69) is 18.8 Å². The van der Waals surface area contributed by atoms with Gasteiger partial charge in [0.2, 0.25) is 0 Å². The maximum atomic E-state index is 12.4. The molecule has 1 saturated carbocycles. The van der Waals surface area contributed by atoms with Crippen LogP contribution in [0.1, 0.15) is 43.6 Å². The molecule has 0 aliphatic heterocycles. The van der Waals surface area contributed by atoms with Gasteiger partial charge in [-0.1, -0.05) is 31.5 Å². The molecule has 2 rings (SSSR count). The summed E-state index contributed by atoms with van der Waals surface area (Å²) in [5, 5.41) is 0.375. The Hall–Kier alpha value is -1.09. The van der Waals surface area contributed by atoms with Gasteiger partial charge in [0.05, 0.1) is 0 Å². The van der Waals surface area contributed by atoms with E-state index in [1.165, 1.54) is 0 Å². The number of amides is 1. The van der Waals surface area contributed by atoms with Gasteiger partial charge >= 0.3 is 0 Å². The minimum absolute atomic E-state index is 0.0145. The van der Waals surface area contributed by atoms with Gasteiger partial charge < -0.3 is 4.90 Å². The zero-order valence-corrected chi connectivity index (χ0v) is 11.7. The van der Waals surface area contributed by atoms with E-state index in [0.29, 0.717) is 22.8 Å². The molecule has 4 heteroatoms. The summed E-state index contributed by atoms with van der Waals surface area (Å²) < 4.78 is 0. The van der Waals surface area contributed by atoms with Crippen molar-refractivity contribution < 1.29 is 4.79 Å². The summed E-state index contributed by atoms with van der Waals surface area (Å²) in [6, 6.07) is 5.61. The van der Waals surface area contributed by atoms with Crippen LogP contribution in [0.15, 0.2) is 18.2 Å². The highest BCUT2D eigenvalue weighted by molar-refractivity contribution is 6.29. The average Bonchev–Trinajstić information content (AvgIpc) is 3.13. The summed E-state index contributed by atoms with van der Waals surface area (Å²) in [4.78, 5) is 18.5. The lowest BCUT2D eigenvalue weighted by Crippen LogP contribution is -2.35. The maximum Gasteiger partial charge on any atom is 0.272 e. The van der Waals surface area contributed by atoms with Crippen molar-refractivity contribution in [1.82, 2.24) is 9.88 Å². The Morgan fingerprint density at radius 3 is 2.78 bits per heavy atom. The Labute approximate surface area is 113 Å². The largest absolute Gasteiger partial charge is 0.334 e. The number of carbonyl (C=O) groups is 1. The lowest BCUT2D eigenvalue weighted by Gasteiger charge is -2.23. The summed E-state index contributed by atoms with van der Waals surface area (Å²) >= 11 is 5.83. The molecule has 0 unspecified atom stereocenters. The third kappa shape index (κ3) is 3.45. The predicted molar refractivity (Wildman–Crippen MR) is 72.8 cm³/mol. The Morgan fingerprint density at radius 2 is 2.22 bits per heavy atom. The fourth-order valence-electron chi connectivity index (χ4n) is 1.91. The van der Waals surface area contributed by atoms with Crippen molar-refractivity contribution in [2.24, 2.45) is 5.92 Å². The smallest absolute Gasteiger partial charge is 0.272 e. The van der Waals surface area contributed by atoms with Gasteiger partial charge in [-0.05, 0) is 37.3 Å². The SMILES string of the molecule is CC(C)CCN(C(=O)c1cccc(Cl)n1)C1CC1. The molecule has 1 fully saturated rings. The standard InChI is InChI=1S/C14H19ClN2O/c1-10(2)8-9-17(11-6-7-11)14(18)12-4-3-5-13(15)16-12/h3-5,10-11H,6-9H2,1-2H3. The normalized spacial score (nSPS) is 14.9. The molecule has 1 aromatic rings. The van der Waals surface area contributed by atoms with Crippen molar-refractivity contribution in [2.45, 2.75) is 39.2 Å². The van der Waals surface area contributed by atoms with Crippen LogP contribution in [0.25, 0.3) is 0 Å². The van der Waals surface area contributed by atoms with Crippen LogP contribution in [-0.4, -0.2) is 28.4 Å². The second-order valence-corrected chi connectivity index (χ2v) is 5.65. The molecule has 18 heavy (non-hydrogen) atoms. The van der Waals surface area contributed by atoms with Crippen LogP contribution in [0.3, 0.4) is 0 Å². The van der Waals surface area contributed by atoms with Crippen LogP contribution in [0.2, 0.25) is 5.15 Å². The number of rotatable bonds is 5. The first kappa shape index (κ1) is 13.3. The lowest BCUT2D eigenvalue weighted by molar-refractivity contribution is 0.0729. The summed E-state index contributed by atoms with van der Waals surface area (Å²) in [7, 11) is 0. The topological polar surface area (TPSA) is 33.2 Å². The Kier molecular flexibility index (Phi) is 4.23. The van der Waals surface area contributed by atoms with Gasteiger partial charge in [-0.15, -0.1) is 0 Å². The molecule has 0 atom stereocenters. The zero-order chi connectivity index (χ0) is 13.1. The monoisotopic (exact) mass is 266 g/mol. The molecule has 0 N–H and O–H groups in total. The van der Waals surface area contributed by atoms with Crippen molar-refractivity contribution >= 4 is 17.5 Å². The van der Waals surface area contributed by atoms with Gasteiger partial charge in [-0.2, -0.15) is 0 Å². The van der Waals surface area contributed by atoms with E-state index < -0.39 is 0 Å². The second kappa shape index (κ2) is 5.70. The van der Waals surface area contributed by atoms with Crippen LogP contribution in [0.5, 0.6) is 0 Å². The third-order valence-corrected chi connectivity index (χ3v) is 3.34. The van der Waals surface area contributed by atoms with E-state index in [0.717, 1.165) is 25.8 Å². The minimum Gasteiger partial charge on any atom is -0.334 e. The molecule has 1 amide bonds. The highest BCUT2D eigenvalue weighted by Crippen LogP contribution is 2.28. The molecule has 1 aromatic heterocycles. The Morgan fingerprint density at radius 1 is 1.50 bits per heavy atom. The van der Waals surface area contributed by atoms with Crippen molar-refractivity contribution in [3.05, 3.63) is 29.0 Å². The highest BCUT2D eigenvalue weighted by atomic mass is 35.5. The van der Waals surface area contributed by atoms with Gasteiger partial charge in [0.15, 0.2) is 0 Å². The van der Waals surface area contributed by atoms with E-state index in [1.807, 2.05) is 4.90 Å². The van der Waals surface area contributed by atoms with Gasteiger partial charge in [0.25, 0.3) is 5.91 Å². The first-order valence-corrected chi connectivity index (χ1v) is 6.89. The summed E-state index contributed by atoms with van der Waals surface area (Å²) in [5.74, 6) is 0.618. The van der Waals surface area contributed by atoms with Crippen LogP contribution < -0.4 is 0 Å². The number of pyridine rings is 1. The Balaban J connectivity index is 2.08. The number of hydrogen-bond donors (Lipinski definition) is 0. The van der Waals surface area contributed by atoms with E-state index in [1.54, 1.807) is 18.2 Å². The molecule has 0 saturated heterocycles. The highest BCUT2D eigenvalue weighted by Gasteiger charge is 2.33. The van der Waals surface area contributed by atoms with Crippen LogP contribution in [0.4, 0.5) is 0 Å². The van der Waals surface area contributed by atoms with E-state index >= 15 is 0 Å². The molecule has 0 bridgehead atoms. The number of halogens is 1. The molecule has 98 valence electrons. The maximum absolute atomic E-state index is 12.4. The van der Waals surface area contributed by atoms with Crippen LogP contribution in [0, 0.1) is 5.92 Å². The van der Waals surface area contributed by atoms with Crippen LogP contribution in [-0.2, 0) is 0 Å². The molecule has 0 aromatic carbocycles. The van der Waals surface area contributed by atoms with E-state index in [9.17, 15) is 4.79 Å². The summed E-state index contributed by atoms with van der Waals surface area (Å²) in [6.45, 7) is 5.16. The molecular formula is C14H19ClN2O. The van der Waals surface area contributed by atoms with Gasteiger partial charge in [-0.3, -0.25) is 4.79 Å². The van der Waals surface area contributed by atoms with Gasteiger partial charge in [0, 0.05) is 12.6 Å². The lowest BCUT2D eigenvalue weighted by atomic mass is 10.1. The first-order valence-electron chi connectivity index (χ1n) is 6.51. The van der Waals surface area contributed by atoms with E-state index in [4.69, 9.17) is 11.6 Å². The van der Waals surface area contributed by atoms with Gasteiger partial charge in [0.1, 0.15) is 10.8 Å². The molecule has 0 radical (unpaired) electrons. The van der Waals surface area contributed by atoms with Crippen molar-refractivity contribution in [3.63, 3.8) is 0 Å². The fourth-order valence-corrected chi connectivity index (χ4v) is 2.07. The molecule has 3 nitrogen and oxygen atoms in total. The summed E-state index contributed by atoms with van der Waals surface area (Å²) in [5.41, 5.74) is 0.457. The molecule has 1 heterocycles. The van der Waals surface area contributed by atoms with Crippen molar-refractivity contribution in [1.29, 1.82) is 0 Å². The zero-order valence-electron chi connectivity index (χ0n) is 10.9. The van der Waals surface area contributed by atoms with Crippen molar-refractivity contribution in [3.8, 4) is 0 Å². The molecule has 1 aliphatic rings. The quantitative estimate of drug-likeness (QED) is 0.766. The first-order chi connectivity index (χ1) is 8.58. The number of hydrogen-bond acceptors (Lipinski definition) is 2. The predicted octanol–water partition coefficient (Wildman–Crippen LogP) is 3.39. The molecular weight excluding hydrogens is 248 g/mol. The van der Waals surface area contributed by atoms with Crippen LogP contribution >= 0.6 is 11.6 Å². The summed E-state index contributed by atoms with van der Waals surface area (Å²) in [6.07, 6.45) is 3.26. The second-order valence-electron chi connectivity index (χ2n) is 5.26. The minimum atomic E-state index is 0.0145. The third-order valence-electron chi connectivity index (χ3n) is 3.13. The molecule has 0 spiro atoms. The number of carbonyl (C=O) groups excluding carboxylic acids is 1. The van der Waals surface area contributed by atoms with E-state index in [-0.39, 0.29) is 5.91 Å². The Bertz CT molecular complexity index is 430. The van der Waals surface area contributed by atoms with Gasteiger partial charge in [-0.25, -0.2) is 4.98 Å².